The third kappa shape index (κ3) is 4.47. The van der Waals surface area contributed by atoms with Gasteiger partial charge in [-0.1, -0.05) is 18.2 Å². The first-order valence-electron chi connectivity index (χ1n) is 7.25. The number of rotatable bonds is 9. The van der Waals surface area contributed by atoms with Crippen molar-refractivity contribution in [3.63, 3.8) is 0 Å². The minimum Gasteiger partial charge on any atom is -0.496 e. The van der Waals surface area contributed by atoms with Crippen molar-refractivity contribution in [3.05, 3.63) is 29.8 Å². The molecular formula is C16H25NO3. The number of hydrogen-bond donors (Lipinski definition) is 1. The lowest BCUT2D eigenvalue weighted by molar-refractivity contribution is -0.0402. The summed E-state index contributed by atoms with van der Waals surface area (Å²) in [7, 11) is 3.39. The third-order valence-electron chi connectivity index (χ3n) is 3.45. The van der Waals surface area contributed by atoms with Crippen LogP contribution in [0.25, 0.3) is 0 Å². The van der Waals surface area contributed by atoms with Crippen LogP contribution in [0.15, 0.2) is 24.3 Å². The van der Waals surface area contributed by atoms with E-state index < -0.39 is 0 Å². The molecule has 0 aromatic heterocycles. The van der Waals surface area contributed by atoms with Gasteiger partial charge >= 0.3 is 0 Å². The van der Waals surface area contributed by atoms with Gasteiger partial charge < -0.3 is 19.5 Å². The summed E-state index contributed by atoms with van der Waals surface area (Å²) in [6.07, 6.45) is 2.58. The highest BCUT2D eigenvalue weighted by molar-refractivity contribution is 5.35. The Balaban J connectivity index is 2.06. The van der Waals surface area contributed by atoms with E-state index in [1.54, 1.807) is 14.2 Å². The number of methoxy groups -OCH3 is 2. The molecule has 1 aromatic rings. The van der Waals surface area contributed by atoms with Gasteiger partial charge in [-0.25, -0.2) is 0 Å². The van der Waals surface area contributed by atoms with Crippen molar-refractivity contribution >= 4 is 0 Å². The summed E-state index contributed by atoms with van der Waals surface area (Å²) in [5, 5.41) is 3.53. The number of benzene rings is 1. The molecule has 0 saturated heterocycles. The van der Waals surface area contributed by atoms with Crippen molar-refractivity contribution in [2.24, 2.45) is 0 Å². The Morgan fingerprint density at radius 3 is 2.65 bits per heavy atom. The molecule has 1 fully saturated rings. The van der Waals surface area contributed by atoms with Crippen LogP contribution in [0, 0.1) is 0 Å². The summed E-state index contributed by atoms with van der Waals surface area (Å²) in [4.78, 5) is 0. The average molecular weight is 279 g/mol. The molecule has 2 unspecified atom stereocenters. The molecular weight excluding hydrogens is 254 g/mol. The molecule has 112 valence electrons. The quantitative estimate of drug-likeness (QED) is 0.754. The van der Waals surface area contributed by atoms with E-state index in [0.29, 0.717) is 12.6 Å². The molecule has 1 aliphatic rings. The Kier molecular flexibility index (Phi) is 5.83. The SMILES string of the molecule is COCC(C)OC(CNC1CC1)c1ccccc1OC. The van der Waals surface area contributed by atoms with Gasteiger partial charge in [0, 0.05) is 25.3 Å². The van der Waals surface area contributed by atoms with Crippen molar-refractivity contribution in [3.8, 4) is 5.75 Å². The number of ether oxygens (including phenoxy) is 3. The summed E-state index contributed by atoms with van der Waals surface area (Å²) in [6, 6.07) is 8.70. The van der Waals surface area contributed by atoms with Crippen LogP contribution in [0.5, 0.6) is 5.75 Å². The smallest absolute Gasteiger partial charge is 0.124 e. The maximum atomic E-state index is 6.13. The van der Waals surface area contributed by atoms with Gasteiger partial charge in [0.1, 0.15) is 5.75 Å². The summed E-state index contributed by atoms with van der Waals surface area (Å²) in [6.45, 7) is 3.43. The van der Waals surface area contributed by atoms with Crippen LogP contribution in [-0.2, 0) is 9.47 Å². The Morgan fingerprint density at radius 2 is 2.00 bits per heavy atom. The van der Waals surface area contributed by atoms with E-state index in [1.165, 1.54) is 12.8 Å². The molecule has 1 saturated carbocycles. The normalized spacial score (nSPS) is 17.8. The van der Waals surface area contributed by atoms with E-state index in [-0.39, 0.29) is 12.2 Å². The fourth-order valence-corrected chi connectivity index (χ4v) is 2.28. The molecule has 1 N–H and O–H groups in total. The van der Waals surface area contributed by atoms with Crippen LogP contribution in [0.1, 0.15) is 31.4 Å². The Labute approximate surface area is 121 Å². The molecule has 0 heterocycles. The lowest BCUT2D eigenvalue weighted by Gasteiger charge is -2.24. The molecule has 2 rings (SSSR count). The highest BCUT2D eigenvalue weighted by atomic mass is 16.5. The predicted molar refractivity (Wildman–Crippen MR) is 79.2 cm³/mol. The van der Waals surface area contributed by atoms with Gasteiger partial charge in [0.25, 0.3) is 0 Å². The topological polar surface area (TPSA) is 39.7 Å². The molecule has 4 heteroatoms. The molecule has 1 aromatic carbocycles. The van der Waals surface area contributed by atoms with E-state index >= 15 is 0 Å². The van der Waals surface area contributed by atoms with Gasteiger partial charge in [-0.05, 0) is 25.8 Å². The largest absolute Gasteiger partial charge is 0.496 e. The van der Waals surface area contributed by atoms with E-state index in [2.05, 4.69) is 11.4 Å². The van der Waals surface area contributed by atoms with Gasteiger partial charge in [-0.2, -0.15) is 0 Å². The minimum atomic E-state index is -0.0168. The molecule has 4 nitrogen and oxygen atoms in total. The zero-order valence-electron chi connectivity index (χ0n) is 12.6. The lowest BCUT2D eigenvalue weighted by Crippen LogP contribution is -2.29. The fraction of sp³-hybridized carbons (Fsp3) is 0.625. The molecule has 0 radical (unpaired) electrons. The highest BCUT2D eigenvalue weighted by Crippen LogP contribution is 2.29. The van der Waals surface area contributed by atoms with Crippen molar-refractivity contribution in [2.45, 2.75) is 38.0 Å². The zero-order valence-corrected chi connectivity index (χ0v) is 12.6. The number of nitrogens with one attached hydrogen (secondary N) is 1. The Morgan fingerprint density at radius 1 is 1.25 bits per heavy atom. The van der Waals surface area contributed by atoms with Crippen molar-refractivity contribution in [1.82, 2.24) is 5.32 Å². The van der Waals surface area contributed by atoms with Gasteiger partial charge in [0.15, 0.2) is 0 Å². The second-order valence-corrected chi connectivity index (χ2v) is 5.32. The van der Waals surface area contributed by atoms with Crippen molar-refractivity contribution < 1.29 is 14.2 Å². The summed E-state index contributed by atoms with van der Waals surface area (Å²) >= 11 is 0. The van der Waals surface area contributed by atoms with Crippen molar-refractivity contribution in [2.75, 3.05) is 27.4 Å². The molecule has 0 aliphatic heterocycles. The van der Waals surface area contributed by atoms with E-state index in [9.17, 15) is 0 Å². The van der Waals surface area contributed by atoms with Crippen LogP contribution in [0.4, 0.5) is 0 Å². The first-order chi connectivity index (χ1) is 9.74. The molecule has 20 heavy (non-hydrogen) atoms. The summed E-state index contributed by atoms with van der Waals surface area (Å²) in [5.74, 6) is 0.875. The van der Waals surface area contributed by atoms with Gasteiger partial charge in [-0.15, -0.1) is 0 Å². The summed E-state index contributed by atoms with van der Waals surface area (Å²) < 4.78 is 16.7. The highest BCUT2D eigenvalue weighted by Gasteiger charge is 2.25. The van der Waals surface area contributed by atoms with Crippen LogP contribution in [0.3, 0.4) is 0 Å². The fourth-order valence-electron chi connectivity index (χ4n) is 2.28. The van der Waals surface area contributed by atoms with E-state index in [4.69, 9.17) is 14.2 Å². The van der Waals surface area contributed by atoms with Crippen molar-refractivity contribution in [1.29, 1.82) is 0 Å². The van der Waals surface area contributed by atoms with E-state index in [1.807, 2.05) is 25.1 Å². The number of para-hydroxylation sites is 1. The molecule has 2 atom stereocenters. The average Bonchev–Trinajstić information content (AvgIpc) is 3.28. The van der Waals surface area contributed by atoms with Crippen LogP contribution < -0.4 is 10.1 Å². The molecule has 0 amide bonds. The van der Waals surface area contributed by atoms with Gasteiger partial charge in [-0.3, -0.25) is 0 Å². The predicted octanol–water partition coefficient (Wildman–Crippen LogP) is 2.54. The van der Waals surface area contributed by atoms with Crippen LogP contribution >= 0.6 is 0 Å². The standard InChI is InChI=1S/C16H25NO3/c1-12(11-18-2)20-16(10-17-13-8-9-13)14-6-4-5-7-15(14)19-3/h4-7,12-13,16-17H,8-11H2,1-3H3. The third-order valence-corrected chi connectivity index (χ3v) is 3.45. The van der Waals surface area contributed by atoms with Gasteiger partial charge in [0.05, 0.1) is 25.9 Å². The van der Waals surface area contributed by atoms with Crippen LogP contribution in [-0.4, -0.2) is 39.5 Å². The number of hydrogen-bond acceptors (Lipinski definition) is 4. The zero-order chi connectivity index (χ0) is 14.4. The Bertz CT molecular complexity index is 406. The minimum absolute atomic E-state index is 0.0168. The molecule has 0 spiro atoms. The molecule has 1 aliphatic carbocycles. The maximum absolute atomic E-state index is 6.13. The molecule has 0 bridgehead atoms. The van der Waals surface area contributed by atoms with Crippen LogP contribution in [0.2, 0.25) is 0 Å². The summed E-state index contributed by atoms with van der Waals surface area (Å²) in [5.41, 5.74) is 1.09. The lowest BCUT2D eigenvalue weighted by atomic mass is 10.1. The second-order valence-electron chi connectivity index (χ2n) is 5.32. The maximum Gasteiger partial charge on any atom is 0.124 e. The van der Waals surface area contributed by atoms with E-state index in [0.717, 1.165) is 17.9 Å². The van der Waals surface area contributed by atoms with Gasteiger partial charge in [0.2, 0.25) is 0 Å². The monoisotopic (exact) mass is 279 g/mol. The Hall–Kier alpha value is -1.10. The first-order valence-corrected chi connectivity index (χ1v) is 7.25. The second kappa shape index (κ2) is 7.62. The first kappa shape index (κ1) is 15.3.